The number of anilines is 2. The molecule has 0 amide bonds. The molecule has 0 atom stereocenters. The first-order valence-electron chi connectivity index (χ1n) is 7.11. The Labute approximate surface area is 116 Å². The van der Waals surface area contributed by atoms with E-state index >= 15 is 0 Å². The van der Waals surface area contributed by atoms with E-state index in [4.69, 9.17) is 15.2 Å². The van der Waals surface area contributed by atoms with Gasteiger partial charge in [0.05, 0.1) is 12.3 Å². The van der Waals surface area contributed by atoms with Gasteiger partial charge in [-0.2, -0.15) is 0 Å². The number of ether oxygens (including phenoxy) is 2. The molecule has 0 saturated heterocycles. The molecule has 0 radical (unpaired) electrons. The standard InChI is InChI=1S/C15H26N2O2/c1-3-9-18-11-5-8-17-13-6-7-14(16)15(12-13)19-10-4-2/h6-7,12,17H,3-5,8-11,16H2,1-2H3. The van der Waals surface area contributed by atoms with Crippen molar-refractivity contribution in [3.05, 3.63) is 18.2 Å². The highest BCUT2D eigenvalue weighted by molar-refractivity contribution is 5.61. The second kappa shape index (κ2) is 9.50. The first kappa shape index (κ1) is 15.6. The van der Waals surface area contributed by atoms with Gasteiger partial charge in [0.15, 0.2) is 0 Å². The predicted octanol–water partition coefficient (Wildman–Crippen LogP) is 3.29. The zero-order valence-corrected chi connectivity index (χ0v) is 12.1. The molecule has 0 aliphatic carbocycles. The van der Waals surface area contributed by atoms with Gasteiger partial charge in [-0.15, -0.1) is 0 Å². The van der Waals surface area contributed by atoms with Gasteiger partial charge in [0, 0.05) is 31.5 Å². The largest absolute Gasteiger partial charge is 0.491 e. The van der Waals surface area contributed by atoms with Gasteiger partial charge in [0.2, 0.25) is 0 Å². The van der Waals surface area contributed by atoms with E-state index in [1.54, 1.807) is 0 Å². The van der Waals surface area contributed by atoms with Crippen molar-refractivity contribution in [2.45, 2.75) is 33.1 Å². The topological polar surface area (TPSA) is 56.5 Å². The molecule has 0 bridgehead atoms. The Morgan fingerprint density at radius 1 is 1.11 bits per heavy atom. The minimum Gasteiger partial charge on any atom is -0.491 e. The first-order valence-corrected chi connectivity index (χ1v) is 7.11. The van der Waals surface area contributed by atoms with Crippen LogP contribution in [0.15, 0.2) is 18.2 Å². The van der Waals surface area contributed by atoms with E-state index < -0.39 is 0 Å². The average molecular weight is 266 g/mol. The summed E-state index contributed by atoms with van der Waals surface area (Å²) in [6.45, 7) is 7.42. The SMILES string of the molecule is CCCOCCCNc1ccc(N)c(OCCC)c1. The molecule has 3 N–H and O–H groups in total. The molecule has 0 saturated carbocycles. The highest BCUT2D eigenvalue weighted by atomic mass is 16.5. The minimum absolute atomic E-state index is 0.685. The summed E-state index contributed by atoms with van der Waals surface area (Å²) in [4.78, 5) is 0. The maximum Gasteiger partial charge on any atom is 0.144 e. The van der Waals surface area contributed by atoms with E-state index in [-0.39, 0.29) is 0 Å². The smallest absolute Gasteiger partial charge is 0.144 e. The molecule has 4 nitrogen and oxygen atoms in total. The number of hydrogen-bond donors (Lipinski definition) is 2. The number of nitrogens with one attached hydrogen (secondary N) is 1. The molecule has 0 heterocycles. The lowest BCUT2D eigenvalue weighted by Crippen LogP contribution is -2.07. The van der Waals surface area contributed by atoms with Crippen LogP contribution < -0.4 is 15.8 Å². The Morgan fingerprint density at radius 2 is 1.89 bits per heavy atom. The summed E-state index contributed by atoms with van der Waals surface area (Å²) in [5.41, 5.74) is 7.59. The van der Waals surface area contributed by atoms with Gasteiger partial charge in [-0.3, -0.25) is 0 Å². The number of nitrogens with two attached hydrogens (primary N) is 1. The molecular formula is C15H26N2O2. The molecule has 0 aliphatic heterocycles. The van der Waals surface area contributed by atoms with Crippen LogP contribution in [0.2, 0.25) is 0 Å². The summed E-state index contributed by atoms with van der Waals surface area (Å²) in [6.07, 6.45) is 3.05. The van der Waals surface area contributed by atoms with Gasteiger partial charge < -0.3 is 20.5 Å². The van der Waals surface area contributed by atoms with Crippen molar-refractivity contribution in [3.8, 4) is 5.75 Å². The van der Waals surface area contributed by atoms with Crippen molar-refractivity contribution in [2.24, 2.45) is 0 Å². The van der Waals surface area contributed by atoms with Crippen LogP contribution in [-0.2, 0) is 4.74 Å². The minimum atomic E-state index is 0.685. The Balaban J connectivity index is 2.33. The van der Waals surface area contributed by atoms with E-state index in [9.17, 15) is 0 Å². The second-order valence-corrected chi connectivity index (χ2v) is 4.49. The van der Waals surface area contributed by atoms with Crippen LogP contribution in [0.1, 0.15) is 33.1 Å². The molecule has 1 aromatic carbocycles. The third-order valence-electron chi connectivity index (χ3n) is 2.62. The van der Waals surface area contributed by atoms with Crippen LogP contribution in [0.5, 0.6) is 5.75 Å². The van der Waals surface area contributed by atoms with Gasteiger partial charge in [0.25, 0.3) is 0 Å². The zero-order valence-electron chi connectivity index (χ0n) is 12.1. The zero-order chi connectivity index (χ0) is 13.9. The van der Waals surface area contributed by atoms with E-state index in [1.807, 2.05) is 18.2 Å². The fraction of sp³-hybridized carbons (Fsp3) is 0.600. The summed E-state index contributed by atoms with van der Waals surface area (Å²) >= 11 is 0. The molecule has 19 heavy (non-hydrogen) atoms. The summed E-state index contributed by atoms with van der Waals surface area (Å²) in [7, 11) is 0. The molecule has 0 fully saturated rings. The third-order valence-corrected chi connectivity index (χ3v) is 2.62. The van der Waals surface area contributed by atoms with Crippen molar-refractivity contribution in [3.63, 3.8) is 0 Å². The van der Waals surface area contributed by atoms with Crippen molar-refractivity contribution in [1.29, 1.82) is 0 Å². The molecule has 0 aliphatic rings. The van der Waals surface area contributed by atoms with Crippen LogP contribution in [0.3, 0.4) is 0 Å². The van der Waals surface area contributed by atoms with Crippen LogP contribution in [0.4, 0.5) is 11.4 Å². The van der Waals surface area contributed by atoms with Gasteiger partial charge in [-0.05, 0) is 31.4 Å². The van der Waals surface area contributed by atoms with E-state index in [0.717, 1.165) is 50.5 Å². The lowest BCUT2D eigenvalue weighted by atomic mass is 10.2. The van der Waals surface area contributed by atoms with Crippen LogP contribution >= 0.6 is 0 Å². The molecule has 1 aromatic rings. The maximum atomic E-state index is 5.87. The normalized spacial score (nSPS) is 10.4. The molecule has 0 unspecified atom stereocenters. The third kappa shape index (κ3) is 6.34. The Morgan fingerprint density at radius 3 is 2.63 bits per heavy atom. The highest BCUT2D eigenvalue weighted by Gasteiger charge is 2.01. The highest BCUT2D eigenvalue weighted by Crippen LogP contribution is 2.25. The molecule has 108 valence electrons. The van der Waals surface area contributed by atoms with Gasteiger partial charge in [-0.25, -0.2) is 0 Å². The predicted molar refractivity (Wildman–Crippen MR) is 80.9 cm³/mol. The molecule has 1 rings (SSSR count). The lowest BCUT2D eigenvalue weighted by Gasteiger charge is -2.11. The summed E-state index contributed by atoms with van der Waals surface area (Å²) < 4.78 is 11.0. The van der Waals surface area contributed by atoms with Gasteiger partial charge in [-0.1, -0.05) is 13.8 Å². The lowest BCUT2D eigenvalue weighted by molar-refractivity contribution is 0.134. The monoisotopic (exact) mass is 266 g/mol. The summed E-state index contributed by atoms with van der Waals surface area (Å²) in [6, 6.07) is 5.81. The Hall–Kier alpha value is -1.42. The van der Waals surface area contributed by atoms with Gasteiger partial charge >= 0.3 is 0 Å². The maximum absolute atomic E-state index is 5.87. The number of rotatable bonds is 10. The van der Waals surface area contributed by atoms with Crippen molar-refractivity contribution in [1.82, 2.24) is 0 Å². The van der Waals surface area contributed by atoms with Crippen LogP contribution in [-0.4, -0.2) is 26.4 Å². The fourth-order valence-electron chi connectivity index (χ4n) is 1.63. The Bertz CT molecular complexity index is 356. The van der Waals surface area contributed by atoms with Crippen LogP contribution in [0, 0.1) is 0 Å². The number of hydrogen-bond acceptors (Lipinski definition) is 4. The number of nitrogen functional groups attached to an aromatic ring is 1. The molecule has 0 spiro atoms. The van der Waals surface area contributed by atoms with E-state index in [1.165, 1.54) is 0 Å². The Kier molecular flexibility index (Phi) is 7.82. The molecular weight excluding hydrogens is 240 g/mol. The number of benzene rings is 1. The van der Waals surface area contributed by atoms with E-state index in [2.05, 4.69) is 19.2 Å². The summed E-state index contributed by atoms with van der Waals surface area (Å²) in [5, 5.41) is 3.35. The average Bonchev–Trinajstić information content (AvgIpc) is 2.43. The van der Waals surface area contributed by atoms with Gasteiger partial charge in [0.1, 0.15) is 5.75 Å². The second-order valence-electron chi connectivity index (χ2n) is 4.49. The fourth-order valence-corrected chi connectivity index (χ4v) is 1.63. The van der Waals surface area contributed by atoms with Crippen molar-refractivity contribution in [2.75, 3.05) is 37.4 Å². The quantitative estimate of drug-likeness (QED) is 0.504. The van der Waals surface area contributed by atoms with Crippen LogP contribution in [0.25, 0.3) is 0 Å². The molecule has 0 aromatic heterocycles. The van der Waals surface area contributed by atoms with E-state index in [0.29, 0.717) is 12.3 Å². The van der Waals surface area contributed by atoms with Crippen molar-refractivity contribution >= 4 is 11.4 Å². The van der Waals surface area contributed by atoms with Crippen molar-refractivity contribution < 1.29 is 9.47 Å². The summed E-state index contributed by atoms with van der Waals surface area (Å²) in [5.74, 6) is 0.758. The first-order chi connectivity index (χ1) is 9.27. The molecule has 4 heteroatoms.